The number of nitrogens with two attached hydrogens (primary N) is 2. The van der Waals surface area contributed by atoms with Crippen molar-refractivity contribution >= 4 is 11.6 Å². The third-order valence-corrected chi connectivity index (χ3v) is 2.50. The van der Waals surface area contributed by atoms with E-state index in [-0.39, 0.29) is 5.96 Å². The number of likely N-dealkylation sites (N-methyl/N-ethyl adjacent to an activating group) is 1. The van der Waals surface area contributed by atoms with E-state index in [9.17, 15) is 0 Å². The van der Waals surface area contributed by atoms with E-state index in [1.807, 2.05) is 12.1 Å². The second-order valence-corrected chi connectivity index (χ2v) is 3.67. The van der Waals surface area contributed by atoms with Gasteiger partial charge in [-0.25, -0.2) is 0 Å². The molecule has 0 aliphatic carbocycles. The van der Waals surface area contributed by atoms with E-state index in [0.29, 0.717) is 6.54 Å². The Kier molecular flexibility index (Phi) is 4.64. The van der Waals surface area contributed by atoms with Gasteiger partial charge in [0.05, 0.1) is 6.54 Å². The molecule has 0 amide bonds. The Hall–Kier alpha value is -1.71. The Labute approximate surface area is 97.0 Å². The van der Waals surface area contributed by atoms with Gasteiger partial charge in [-0.05, 0) is 25.5 Å². The summed E-state index contributed by atoms with van der Waals surface area (Å²) in [5.41, 5.74) is 13.1. The van der Waals surface area contributed by atoms with Crippen LogP contribution in [0.15, 0.2) is 29.3 Å². The second-order valence-electron chi connectivity index (χ2n) is 3.67. The molecule has 16 heavy (non-hydrogen) atoms. The maximum atomic E-state index is 5.30. The summed E-state index contributed by atoms with van der Waals surface area (Å²) in [7, 11) is 0. The van der Waals surface area contributed by atoms with Crippen LogP contribution >= 0.6 is 0 Å². The third kappa shape index (κ3) is 3.46. The van der Waals surface area contributed by atoms with Crippen molar-refractivity contribution in [1.29, 1.82) is 0 Å². The predicted octanol–water partition coefficient (Wildman–Crippen LogP) is 1.09. The van der Waals surface area contributed by atoms with Crippen LogP contribution in [0, 0.1) is 6.92 Å². The first kappa shape index (κ1) is 12.4. The molecule has 0 bridgehead atoms. The fraction of sp³-hybridized carbons (Fsp3) is 0.417. The van der Waals surface area contributed by atoms with Gasteiger partial charge >= 0.3 is 0 Å². The molecule has 0 aliphatic rings. The van der Waals surface area contributed by atoms with Crippen molar-refractivity contribution in [2.24, 2.45) is 16.5 Å². The van der Waals surface area contributed by atoms with E-state index in [0.717, 1.165) is 13.1 Å². The molecule has 1 aromatic carbocycles. The first-order valence-corrected chi connectivity index (χ1v) is 5.51. The standard InChI is InChI=1S/C12H20N4/c1-3-16(9-8-15-12(13)14)11-7-5-4-6-10(11)2/h4-7H,3,8-9H2,1-2H3,(H4,13,14,15). The number of hydrogen-bond acceptors (Lipinski definition) is 2. The lowest BCUT2D eigenvalue weighted by Crippen LogP contribution is -2.29. The number of benzene rings is 1. The fourth-order valence-electron chi connectivity index (χ4n) is 1.67. The van der Waals surface area contributed by atoms with Crippen molar-refractivity contribution in [3.63, 3.8) is 0 Å². The third-order valence-electron chi connectivity index (χ3n) is 2.50. The highest BCUT2D eigenvalue weighted by Gasteiger charge is 2.05. The van der Waals surface area contributed by atoms with Gasteiger partial charge in [-0.3, -0.25) is 4.99 Å². The van der Waals surface area contributed by atoms with E-state index in [2.05, 4.69) is 35.9 Å². The number of anilines is 1. The molecule has 0 aromatic heterocycles. The minimum absolute atomic E-state index is 0.154. The molecule has 0 fully saturated rings. The lowest BCUT2D eigenvalue weighted by Gasteiger charge is -2.24. The number of nitrogens with zero attached hydrogens (tertiary/aromatic N) is 2. The molecule has 0 atom stereocenters. The zero-order valence-corrected chi connectivity index (χ0v) is 9.98. The van der Waals surface area contributed by atoms with Crippen LogP contribution in [0.3, 0.4) is 0 Å². The minimum atomic E-state index is 0.154. The highest BCUT2D eigenvalue weighted by atomic mass is 15.1. The number of guanidine groups is 1. The van der Waals surface area contributed by atoms with E-state index < -0.39 is 0 Å². The van der Waals surface area contributed by atoms with Crippen molar-refractivity contribution in [3.8, 4) is 0 Å². The minimum Gasteiger partial charge on any atom is -0.370 e. The van der Waals surface area contributed by atoms with Crippen LogP contribution in [0.4, 0.5) is 5.69 Å². The summed E-state index contributed by atoms with van der Waals surface area (Å²) in [6.45, 7) is 6.65. The average Bonchev–Trinajstić information content (AvgIpc) is 2.25. The molecular weight excluding hydrogens is 200 g/mol. The molecule has 88 valence electrons. The zero-order valence-electron chi connectivity index (χ0n) is 9.98. The van der Waals surface area contributed by atoms with Gasteiger partial charge in [-0.2, -0.15) is 0 Å². The predicted molar refractivity (Wildman–Crippen MR) is 69.7 cm³/mol. The highest BCUT2D eigenvalue weighted by molar-refractivity contribution is 5.75. The van der Waals surface area contributed by atoms with Crippen LogP contribution in [-0.4, -0.2) is 25.6 Å². The number of aryl methyl sites for hydroxylation is 1. The molecule has 0 saturated heterocycles. The molecule has 1 rings (SSSR count). The average molecular weight is 220 g/mol. The van der Waals surface area contributed by atoms with Crippen molar-refractivity contribution in [1.82, 2.24) is 0 Å². The van der Waals surface area contributed by atoms with Crippen LogP contribution in [0.1, 0.15) is 12.5 Å². The Morgan fingerprint density at radius 2 is 2.00 bits per heavy atom. The summed E-state index contributed by atoms with van der Waals surface area (Å²) in [5, 5.41) is 0. The van der Waals surface area contributed by atoms with Gasteiger partial charge in [0.15, 0.2) is 5.96 Å². The lowest BCUT2D eigenvalue weighted by atomic mass is 10.2. The van der Waals surface area contributed by atoms with Gasteiger partial charge in [0.25, 0.3) is 0 Å². The Balaban J connectivity index is 2.68. The van der Waals surface area contributed by atoms with E-state index in [1.54, 1.807) is 0 Å². The van der Waals surface area contributed by atoms with Gasteiger partial charge < -0.3 is 16.4 Å². The molecule has 0 aliphatic heterocycles. The van der Waals surface area contributed by atoms with Crippen LogP contribution < -0.4 is 16.4 Å². The van der Waals surface area contributed by atoms with Crippen LogP contribution in [0.2, 0.25) is 0 Å². The molecule has 0 unspecified atom stereocenters. The monoisotopic (exact) mass is 220 g/mol. The Morgan fingerprint density at radius 3 is 2.56 bits per heavy atom. The molecule has 4 nitrogen and oxygen atoms in total. The molecule has 0 radical (unpaired) electrons. The van der Waals surface area contributed by atoms with Gasteiger partial charge in [-0.1, -0.05) is 18.2 Å². The fourth-order valence-corrected chi connectivity index (χ4v) is 1.67. The molecule has 0 heterocycles. The van der Waals surface area contributed by atoms with Gasteiger partial charge in [0.2, 0.25) is 0 Å². The molecular formula is C12H20N4. The van der Waals surface area contributed by atoms with Crippen LogP contribution in [-0.2, 0) is 0 Å². The van der Waals surface area contributed by atoms with Crippen molar-refractivity contribution in [2.45, 2.75) is 13.8 Å². The van der Waals surface area contributed by atoms with Gasteiger partial charge in [0.1, 0.15) is 0 Å². The topological polar surface area (TPSA) is 67.6 Å². The second kappa shape index (κ2) is 6.00. The van der Waals surface area contributed by atoms with E-state index in [1.165, 1.54) is 11.3 Å². The van der Waals surface area contributed by atoms with E-state index >= 15 is 0 Å². The maximum absolute atomic E-state index is 5.30. The summed E-state index contributed by atoms with van der Waals surface area (Å²) in [6.07, 6.45) is 0. The summed E-state index contributed by atoms with van der Waals surface area (Å²) in [6, 6.07) is 8.32. The maximum Gasteiger partial charge on any atom is 0.185 e. The molecule has 0 spiro atoms. The van der Waals surface area contributed by atoms with Crippen molar-refractivity contribution < 1.29 is 0 Å². The van der Waals surface area contributed by atoms with E-state index in [4.69, 9.17) is 11.5 Å². The summed E-state index contributed by atoms with van der Waals surface area (Å²) in [4.78, 5) is 6.26. The highest BCUT2D eigenvalue weighted by Crippen LogP contribution is 2.18. The van der Waals surface area contributed by atoms with Crippen molar-refractivity contribution in [2.75, 3.05) is 24.5 Å². The van der Waals surface area contributed by atoms with Crippen LogP contribution in [0.25, 0.3) is 0 Å². The number of para-hydroxylation sites is 1. The number of rotatable bonds is 5. The first-order valence-electron chi connectivity index (χ1n) is 5.51. The first-order chi connectivity index (χ1) is 7.65. The molecule has 1 aromatic rings. The summed E-state index contributed by atoms with van der Waals surface area (Å²) < 4.78 is 0. The molecule has 4 N–H and O–H groups in total. The normalized spacial score (nSPS) is 9.88. The summed E-state index contributed by atoms with van der Waals surface area (Å²) in [5.74, 6) is 0.154. The molecule has 0 saturated carbocycles. The smallest absolute Gasteiger partial charge is 0.185 e. The SMILES string of the molecule is CCN(CCN=C(N)N)c1ccccc1C. The molecule has 4 heteroatoms. The van der Waals surface area contributed by atoms with Gasteiger partial charge in [0, 0.05) is 18.8 Å². The summed E-state index contributed by atoms with van der Waals surface area (Å²) >= 11 is 0. The zero-order chi connectivity index (χ0) is 12.0. The Bertz CT molecular complexity index is 356. The largest absolute Gasteiger partial charge is 0.370 e. The van der Waals surface area contributed by atoms with Gasteiger partial charge in [-0.15, -0.1) is 0 Å². The number of aliphatic imine (C=N–C) groups is 1. The van der Waals surface area contributed by atoms with Crippen molar-refractivity contribution in [3.05, 3.63) is 29.8 Å². The number of hydrogen-bond donors (Lipinski definition) is 2. The quantitative estimate of drug-likeness (QED) is 0.576. The van der Waals surface area contributed by atoms with Crippen LogP contribution in [0.5, 0.6) is 0 Å². The Morgan fingerprint density at radius 1 is 1.31 bits per heavy atom. The lowest BCUT2D eigenvalue weighted by molar-refractivity contribution is 0.813.